The molecule has 2 fully saturated rings. The molecule has 0 aliphatic carbocycles. The van der Waals surface area contributed by atoms with Crippen molar-refractivity contribution >= 4 is 88.4 Å². The molecular formula is C36H44N2O8S5. The standard InChI is InChI=1S/C36H44N2O8S5/c1-4-5-10-38-30-8-6-7-9-31(30)51-34(38)29(15-37)36(42)44-12-11-43-32(39)13-26(35(41)46-28-22-49-18-25(3)19-50-23-28)14-33(40)45-27-20-47-16-24(2)17-48-21-27/h6-9,26-28H,2-5,10-14,16-23H2,1H3/b34-29-. The highest BCUT2D eigenvalue weighted by molar-refractivity contribution is 8.04. The molecule has 1 aromatic carbocycles. The number of fused-ring (bicyclic) bond motifs is 1. The van der Waals surface area contributed by atoms with Crippen LogP contribution in [0.3, 0.4) is 0 Å². The molecule has 3 heterocycles. The molecule has 1 atom stereocenters. The lowest BCUT2D eigenvalue weighted by Gasteiger charge is -2.24. The molecule has 0 radical (unpaired) electrons. The topological polar surface area (TPSA) is 132 Å². The number of unbranched alkanes of at least 4 members (excludes halogenated alkanes) is 1. The van der Waals surface area contributed by atoms with E-state index in [1.165, 1.54) is 11.8 Å². The van der Waals surface area contributed by atoms with E-state index >= 15 is 0 Å². The van der Waals surface area contributed by atoms with E-state index in [0.717, 1.165) is 57.6 Å². The molecule has 0 bridgehead atoms. The van der Waals surface area contributed by atoms with Crippen LogP contribution >= 0.6 is 58.8 Å². The minimum atomic E-state index is -1.11. The Hall–Kier alpha value is -2.64. The average molecular weight is 793 g/mol. The van der Waals surface area contributed by atoms with Crippen LogP contribution in [0.5, 0.6) is 0 Å². The summed E-state index contributed by atoms with van der Waals surface area (Å²) in [6.45, 7) is 10.2. The van der Waals surface area contributed by atoms with Crippen molar-refractivity contribution in [2.75, 3.05) is 70.7 Å². The van der Waals surface area contributed by atoms with Crippen molar-refractivity contribution in [2.45, 2.75) is 49.7 Å². The predicted octanol–water partition coefficient (Wildman–Crippen LogP) is 6.51. The number of rotatable bonds is 14. The lowest BCUT2D eigenvalue weighted by Crippen LogP contribution is -2.33. The van der Waals surface area contributed by atoms with Crippen LogP contribution < -0.4 is 4.90 Å². The van der Waals surface area contributed by atoms with Gasteiger partial charge in [0, 0.05) is 57.5 Å². The number of para-hydroxylation sites is 1. The van der Waals surface area contributed by atoms with Gasteiger partial charge in [0.1, 0.15) is 36.5 Å². The van der Waals surface area contributed by atoms with Crippen LogP contribution in [0.4, 0.5) is 5.69 Å². The highest BCUT2D eigenvalue weighted by atomic mass is 32.2. The normalized spacial score (nSPS) is 18.9. The number of hydrogen-bond acceptors (Lipinski definition) is 15. The molecule has 0 aromatic heterocycles. The molecule has 0 N–H and O–H groups in total. The van der Waals surface area contributed by atoms with Crippen molar-refractivity contribution in [3.8, 4) is 6.07 Å². The zero-order chi connectivity index (χ0) is 36.6. The number of carbonyl (C=O) groups excluding carboxylic acids is 4. The van der Waals surface area contributed by atoms with Gasteiger partial charge >= 0.3 is 23.9 Å². The van der Waals surface area contributed by atoms with E-state index in [2.05, 4.69) is 20.1 Å². The predicted molar refractivity (Wildman–Crippen MR) is 209 cm³/mol. The highest BCUT2D eigenvalue weighted by Crippen LogP contribution is 2.47. The van der Waals surface area contributed by atoms with Crippen molar-refractivity contribution < 1.29 is 38.1 Å². The fourth-order valence-corrected chi connectivity index (χ4v) is 10.7. The maximum Gasteiger partial charge on any atom is 0.351 e. The molecule has 3 aliphatic rings. The summed E-state index contributed by atoms with van der Waals surface area (Å²) in [6.07, 6.45) is 0.368. The number of nitrogens with zero attached hydrogens (tertiary/aromatic N) is 2. The molecule has 1 unspecified atom stereocenters. The SMILES string of the molecule is C=C1CSCC(OC(=O)CC(CC(=O)OCCOC(=O)/C(C#N)=C2\Sc3ccccc3N2CCCC)C(=O)OC2CSCC(=C)CSC2)CSC1. The maximum atomic E-state index is 13.4. The van der Waals surface area contributed by atoms with Crippen LogP contribution in [-0.4, -0.2) is 102 Å². The molecule has 1 aromatic rings. The van der Waals surface area contributed by atoms with Gasteiger partial charge in [0.05, 0.1) is 24.4 Å². The van der Waals surface area contributed by atoms with Gasteiger partial charge in [-0.05, 0) is 18.6 Å². The third kappa shape index (κ3) is 13.4. The molecular weight excluding hydrogens is 749 g/mol. The summed E-state index contributed by atoms with van der Waals surface area (Å²) < 4.78 is 22.2. The number of hydrogen-bond donors (Lipinski definition) is 0. The van der Waals surface area contributed by atoms with Crippen LogP contribution in [-0.2, 0) is 38.1 Å². The summed E-state index contributed by atoms with van der Waals surface area (Å²) in [4.78, 5) is 55.4. The number of benzene rings is 1. The minimum Gasteiger partial charge on any atom is -0.462 e. The Kier molecular flexibility index (Phi) is 17.6. The Labute approximate surface area is 321 Å². The summed E-state index contributed by atoms with van der Waals surface area (Å²) in [5, 5.41) is 10.4. The molecule has 15 heteroatoms. The Morgan fingerprint density at radius 1 is 0.863 bits per heavy atom. The third-order valence-electron chi connectivity index (χ3n) is 7.63. The third-order valence-corrected chi connectivity index (χ3v) is 13.7. The monoisotopic (exact) mass is 792 g/mol. The van der Waals surface area contributed by atoms with Crippen molar-refractivity contribution in [3.63, 3.8) is 0 Å². The largest absolute Gasteiger partial charge is 0.462 e. The Balaban J connectivity index is 1.33. The van der Waals surface area contributed by atoms with Crippen molar-refractivity contribution in [2.24, 2.45) is 5.92 Å². The van der Waals surface area contributed by atoms with Gasteiger partial charge in [-0.1, -0.05) is 61.5 Å². The van der Waals surface area contributed by atoms with Crippen LogP contribution in [0, 0.1) is 17.2 Å². The van der Waals surface area contributed by atoms with E-state index in [0.29, 0.717) is 34.6 Å². The molecule has 0 saturated carbocycles. The number of ether oxygens (including phenoxy) is 4. The second-order valence-electron chi connectivity index (χ2n) is 12.1. The molecule has 0 spiro atoms. The summed E-state index contributed by atoms with van der Waals surface area (Å²) in [7, 11) is 0. The first kappa shape index (κ1) is 41.1. The fraction of sp³-hybridized carbons (Fsp3) is 0.528. The van der Waals surface area contributed by atoms with Crippen LogP contribution in [0.25, 0.3) is 0 Å². The van der Waals surface area contributed by atoms with Crippen LogP contribution in [0.1, 0.15) is 32.6 Å². The summed E-state index contributed by atoms with van der Waals surface area (Å²) in [5.74, 6) is 1.59. The first-order valence-electron chi connectivity index (χ1n) is 16.7. The number of carbonyl (C=O) groups is 4. The molecule has 4 rings (SSSR count). The van der Waals surface area contributed by atoms with Gasteiger partial charge < -0.3 is 23.8 Å². The molecule has 3 aliphatic heterocycles. The zero-order valence-electron chi connectivity index (χ0n) is 28.8. The van der Waals surface area contributed by atoms with E-state index in [1.807, 2.05) is 35.2 Å². The summed E-state index contributed by atoms with van der Waals surface area (Å²) in [5.41, 5.74) is 3.07. The van der Waals surface area contributed by atoms with Gasteiger partial charge in [-0.3, -0.25) is 14.4 Å². The van der Waals surface area contributed by atoms with Crippen molar-refractivity contribution in [1.82, 2.24) is 0 Å². The van der Waals surface area contributed by atoms with Crippen molar-refractivity contribution in [3.05, 3.63) is 59.2 Å². The van der Waals surface area contributed by atoms with E-state index in [9.17, 15) is 24.4 Å². The fourth-order valence-electron chi connectivity index (χ4n) is 5.15. The second-order valence-corrected chi connectivity index (χ2v) is 17.2. The van der Waals surface area contributed by atoms with Gasteiger partial charge in [0.2, 0.25) is 0 Å². The van der Waals surface area contributed by atoms with Gasteiger partial charge in [0.15, 0.2) is 5.57 Å². The first-order valence-corrected chi connectivity index (χ1v) is 22.2. The van der Waals surface area contributed by atoms with Gasteiger partial charge in [0.25, 0.3) is 0 Å². The number of anilines is 1. The summed E-state index contributed by atoms with van der Waals surface area (Å²) in [6, 6.07) is 9.71. The Bertz CT molecular complexity index is 1490. The highest BCUT2D eigenvalue weighted by Gasteiger charge is 2.33. The molecule has 0 amide bonds. The smallest absolute Gasteiger partial charge is 0.351 e. The molecule has 276 valence electrons. The maximum absolute atomic E-state index is 13.4. The lowest BCUT2D eigenvalue weighted by molar-refractivity contribution is -0.163. The average Bonchev–Trinajstić information content (AvgIpc) is 3.44. The molecule has 51 heavy (non-hydrogen) atoms. The second kappa shape index (κ2) is 21.8. The quantitative estimate of drug-likeness (QED) is 0.0506. The lowest BCUT2D eigenvalue weighted by atomic mass is 10.0. The van der Waals surface area contributed by atoms with E-state index in [4.69, 9.17) is 18.9 Å². The number of esters is 4. The number of thioether (sulfide) groups is 5. The minimum absolute atomic E-state index is 0.124. The van der Waals surface area contributed by atoms with Crippen LogP contribution in [0.2, 0.25) is 0 Å². The zero-order valence-corrected chi connectivity index (χ0v) is 32.8. The van der Waals surface area contributed by atoms with E-state index in [-0.39, 0.29) is 37.4 Å². The summed E-state index contributed by atoms with van der Waals surface area (Å²) >= 11 is 7.90. The van der Waals surface area contributed by atoms with E-state index < -0.39 is 36.2 Å². The first-order chi connectivity index (χ1) is 24.7. The molecule has 2 saturated heterocycles. The Morgan fingerprint density at radius 3 is 2.04 bits per heavy atom. The molecule has 10 nitrogen and oxygen atoms in total. The Morgan fingerprint density at radius 2 is 1.43 bits per heavy atom. The van der Waals surface area contributed by atoms with E-state index in [1.54, 1.807) is 47.0 Å². The van der Waals surface area contributed by atoms with Gasteiger partial charge in [-0.25, -0.2) is 4.79 Å². The van der Waals surface area contributed by atoms with Crippen LogP contribution in [0.15, 0.2) is 64.1 Å². The van der Waals surface area contributed by atoms with Gasteiger partial charge in [-0.15, -0.1) is 0 Å². The van der Waals surface area contributed by atoms with Gasteiger partial charge in [-0.2, -0.15) is 52.3 Å². The number of nitriles is 1. The van der Waals surface area contributed by atoms with Crippen molar-refractivity contribution in [1.29, 1.82) is 5.26 Å².